The van der Waals surface area contributed by atoms with Gasteiger partial charge in [0.15, 0.2) is 0 Å². The van der Waals surface area contributed by atoms with Crippen molar-refractivity contribution in [2.75, 3.05) is 20.6 Å². The van der Waals surface area contributed by atoms with E-state index in [1.54, 1.807) is 0 Å². The third-order valence-corrected chi connectivity index (χ3v) is 4.34. The van der Waals surface area contributed by atoms with Gasteiger partial charge < -0.3 is 9.64 Å². The van der Waals surface area contributed by atoms with Crippen LogP contribution in [0.1, 0.15) is 90.9 Å². The fraction of sp³-hybridized carbons (Fsp3) is 0.818. The highest BCUT2D eigenvalue weighted by atomic mass is 16.5. The van der Waals surface area contributed by atoms with E-state index in [1.807, 2.05) is 0 Å². The summed E-state index contributed by atoms with van der Waals surface area (Å²) >= 11 is 0. The van der Waals surface area contributed by atoms with Crippen LogP contribution in [0.5, 0.6) is 0 Å². The van der Waals surface area contributed by atoms with Gasteiger partial charge in [-0.25, -0.2) is 0 Å². The first kappa shape index (κ1) is 23.2. The Labute approximate surface area is 152 Å². The number of allylic oxidation sites excluding steroid dienone is 2. The van der Waals surface area contributed by atoms with E-state index in [0.717, 1.165) is 25.1 Å². The van der Waals surface area contributed by atoms with Gasteiger partial charge in [0.25, 0.3) is 0 Å². The second-order valence-electron chi connectivity index (χ2n) is 7.23. The molecule has 0 saturated heterocycles. The van der Waals surface area contributed by atoms with E-state index in [1.165, 1.54) is 64.2 Å². The molecule has 1 atom stereocenters. The van der Waals surface area contributed by atoms with Crippen LogP contribution in [0.3, 0.4) is 0 Å². The van der Waals surface area contributed by atoms with Gasteiger partial charge in [0.05, 0.1) is 11.9 Å². The van der Waals surface area contributed by atoms with Crippen LogP contribution in [-0.4, -0.2) is 31.6 Å². The van der Waals surface area contributed by atoms with Crippen molar-refractivity contribution in [2.24, 2.45) is 0 Å². The molecule has 0 radical (unpaired) electrons. The smallest absolute Gasteiger partial charge is 0.0982 e. The van der Waals surface area contributed by atoms with Crippen molar-refractivity contribution in [3.05, 3.63) is 24.5 Å². The molecule has 2 heteroatoms. The maximum absolute atomic E-state index is 6.16. The van der Waals surface area contributed by atoms with E-state index in [2.05, 4.69) is 51.6 Å². The Bertz CT molecular complexity index is 309. The lowest BCUT2D eigenvalue weighted by Crippen LogP contribution is -2.17. The molecule has 0 fully saturated rings. The Kier molecular flexibility index (Phi) is 16.5. The molecule has 0 spiro atoms. The summed E-state index contributed by atoms with van der Waals surface area (Å²) in [6.07, 6.45) is 19.9. The standard InChI is InChI=1S/C22H43NO/c1-6-8-10-11-12-13-14-16-18-22(17-15-9-7-2)24-21(3)19-20-23(4)5/h12-13,22H,3,6-11,14-20H2,1-2,4-5H3/b13-12-. The Morgan fingerprint density at radius 1 is 0.917 bits per heavy atom. The molecule has 0 aromatic carbocycles. The van der Waals surface area contributed by atoms with Gasteiger partial charge in [-0.2, -0.15) is 0 Å². The number of unbranched alkanes of at least 4 members (excludes halogenated alkanes) is 6. The van der Waals surface area contributed by atoms with Gasteiger partial charge in [0.1, 0.15) is 0 Å². The first-order chi connectivity index (χ1) is 11.6. The predicted molar refractivity (Wildman–Crippen MR) is 108 cm³/mol. The van der Waals surface area contributed by atoms with Gasteiger partial charge in [-0.15, -0.1) is 0 Å². The van der Waals surface area contributed by atoms with Crippen molar-refractivity contribution in [1.29, 1.82) is 0 Å². The third-order valence-electron chi connectivity index (χ3n) is 4.34. The van der Waals surface area contributed by atoms with Crippen molar-refractivity contribution >= 4 is 0 Å². The minimum Gasteiger partial charge on any atom is -0.495 e. The van der Waals surface area contributed by atoms with Crippen LogP contribution in [0.15, 0.2) is 24.5 Å². The number of nitrogens with zero attached hydrogens (tertiary/aromatic N) is 1. The lowest BCUT2D eigenvalue weighted by Gasteiger charge is -2.21. The molecular weight excluding hydrogens is 294 g/mol. The van der Waals surface area contributed by atoms with Gasteiger partial charge in [0, 0.05) is 13.0 Å². The lowest BCUT2D eigenvalue weighted by atomic mass is 10.0. The fourth-order valence-electron chi connectivity index (χ4n) is 2.74. The van der Waals surface area contributed by atoms with Crippen LogP contribution in [-0.2, 0) is 4.74 Å². The van der Waals surface area contributed by atoms with E-state index >= 15 is 0 Å². The molecule has 0 amide bonds. The van der Waals surface area contributed by atoms with Crippen molar-refractivity contribution in [1.82, 2.24) is 4.90 Å². The predicted octanol–water partition coefficient (Wildman–Crippen LogP) is 6.72. The quantitative estimate of drug-likeness (QED) is 0.166. The summed E-state index contributed by atoms with van der Waals surface area (Å²) in [5, 5.41) is 0. The molecule has 0 saturated carbocycles. The molecule has 142 valence electrons. The monoisotopic (exact) mass is 337 g/mol. The van der Waals surface area contributed by atoms with E-state index in [-0.39, 0.29) is 0 Å². The van der Waals surface area contributed by atoms with Gasteiger partial charge in [0.2, 0.25) is 0 Å². The van der Waals surface area contributed by atoms with Crippen LogP contribution in [0.4, 0.5) is 0 Å². The molecule has 0 bridgehead atoms. The van der Waals surface area contributed by atoms with Crippen LogP contribution in [0, 0.1) is 0 Å². The summed E-state index contributed by atoms with van der Waals surface area (Å²) in [5.74, 6) is 0.959. The van der Waals surface area contributed by atoms with Crippen LogP contribution in [0.25, 0.3) is 0 Å². The van der Waals surface area contributed by atoms with Gasteiger partial charge in [-0.05, 0) is 59.0 Å². The van der Waals surface area contributed by atoms with Crippen molar-refractivity contribution in [3.8, 4) is 0 Å². The highest BCUT2D eigenvalue weighted by Gasteiger charge is 2.11. The number of hydrogen-bond donors (Lipinski definition) is 0. The summed E-state index contributed by atoms with van der Waals surface area (Å²) in [6.45, 7) is 9.65. The van der Waals surface area contributed by atoms with E-state index in [9.17, 15) is 0 Å². The number of rotatable bonds is 17. The first-order valence-electron chi connectivity index (χ1n) is 10.2. The minimum atomic E-state index is 0.361. The van der Waals surface area contributed by atoms with Crippen molar-refractivity contribution < 1.29 is 4.74 Å². The topological polar surface area (TPSA) is 12.5 Å². The van der Waals surface area contributed by atoms with Crippen LogP contribution in [0.2, 0.25) is 0 Å². The van der Waals surface area contributed by atoms with Crippen LogP contribution < -0.4 is 0 Å². The first-order valence-corrected chi connectivity index (χ1v) is 10.2. The molecule has 0 N–H and O–H groups in total. The maximum atomic E-state index is 6.16. The Hall–Kier alpha value is -0.760. The fourth-order valence-corrected chi connectivity index (χ4v) is 2.74. The Balaban J connectivity index is 4.00. The zero-order valence-electron chi connectivity index (χ0n) is 17.0. The van der Waals surface area contributed by atoms with E-state index in [0.29, 0.717) is 6.10 Å². The Morgan fingerprint density at radius 2 is 1.50 bits per heavy atom. The molecule has 0 aliphatic carbocycles. The normalized spacial score (nSPS) is 12.9. The number of hydrogen-bond acceptors (Lipinski definition) is 2. The second-order valence-corrected chi connectivity index (χ2v) is 7.23. The molecule has 0 aliphatic rings. The van der Waals surface area contributed by atoms with Crippen molar-refractivity contribution in [3.63, 3.8) is 0 Å². The maximum Gasteiger partial charge on any atom is 0.0982 e. The molecule has 24 heavy (non-hydrogen) atoms. The molecule has 0 aromatic heterocycles. The zero-order valence-corrected chi connectivity index (χ0v) is 17.0. The van der Waals surface area contributed by atoms with Gasteiger partial charge in [-0.1, -0.05) is 58.3 Å². The molecule has 1 unspecified atom stereocenters. The highest BCUT2D eigenvalue weighted by Crippen LogP contribution is 2.18. The summed E-state index contributed by atoms with van der Waals surface area (Å²) in [6, 6.07) is 0. The second kappa shape index (κ2) is 17.1. The average molecular weight is 338 g/mol. The average Bonchev–Trinajstić information content (AvgIpc) is 2.55. The van der Waals surface area contributed by atoms with E-state index < -0.39 is 0 Å². The molecular formula is C22H43NO. The summed E-state index contributed by atoms with van der Waals surface area (Å²) in [7, 11) is 4.19. The van der Waals surface area contributed by atoms with Crippen LogP contribution >= 0.6 is 0 Å². The van der Waals surface area contributed by atoms with E-state index in [4.69, 9.17) is 4.74 Å². The summed E-state index contributed by atoms with van der Waals surface area (Å²) < 4.78 is 6.16. The molecule has 2 nitrogen and oxygen atoms in total. The zero-order chi connectivity index (χ0) is 18.0. The third kappa shape index (κ3) is 16.1. The van der Waals surface area contributed by atoms with Gasteiger partial charge >= 0.3 is 0 Å². The Morgan fingerprint density at radius 3 is 2.12 bits per heavy atom. The largest absolute Gasteiger partial charge is 0.495 e. The lowest BCUT2D eigenvalue weighted by molar-refractivity contribution is 0.0891. The summed E-state index contributed by atoms with van der Waals surface area (Å²) in [5.41, 5.74) is 0. The highest BCUT2D eigenvalue weighted by molar-refractivity contribution is 4.86. The molecule has 0 rings (SSSR count). The minimum absolute atomic E-state index is 0.361. The molecule has 0 heterocycles. The van der Waals surface area contributed by atoms with Crippen molar-refractivity contribution in [2.45, 2.75) is 97.0 Å². The number of ether oxygens (including phenoxy) is 1. The molecule has 0 aliphatic heterocycles. The van der Waals surface area contributed by atoms with Gasteiger partial charge in [-0.3, -0.25) is 0 Å². The summed E-state index contributed by atoms with van der Waals surface area (Å²) in [4.78, 5) is 2.18. The SMILES string of the molecule is C=C(CCN(C)C)OC(CCC/C=C\CCCCC)CCCCC. The molecule has 0 aromatic rings.